The first-order valence-electron chi connectivity index (χ1n) is 5.93. The highest BCUT2D eigenvalue weighted by atomic mass is 16.1. The molecule has 0 saturated carbocycles. The molecule has 0 saturated heterocycles. The van der Waals surface area contributed by atoms with Gasteiger partial charge in [-0.3, -0.25) is 4.79 Å². The van der Waals surface area contributed by atoms with Crippen LogP contribution >= 0.6 is 0 Å². The Morgan fingerprint density at radius 1 is 1.07 bits per heavy atom. The van der Waals surface area contributed by atoms with E-state index in [-0.39, 0.29) is 0 Å². The summed E-state index contributed by atoms with van der Waals surface area (Å²) in [5.41, 5.74) is 0. The zero-order valence-corrected chi connectivity index (χ0v) is 9.56. The van der Waals surface area contributed by atoms with Crippen molar-refractivity contribution in [2.75, 3.05) is 0 Å². The molecule has 1 nitrogen and oxygen atoms in total. The van der Waals surface area contributed by atoms with Crippen LogP contribution in [0.5, 0.6) is 0 Å². The molecule has 0 rings (SSSR count). The Morgan fingerprint density at radius 2 is 1.71 bits per heavy atom. The molecular weight excluding hydrogens is 172 g/mol. The maximum absolute atomic E-state index is 11.2. The zero-order valence-electron chi connectivity index (χ0n) is 9.56. The van der Waals surface area contributed by atoms with Crippen LogP contribution in [0.15, 0.2) is 12.7 Å². The van der Waals surface area contributed by atoms with Gasteiger partial charge in [0.05, 0.1) is 0 Å². The Morgan fingerprint density at radius 3 is 2.36 bits per heavy atom. The molecule has 82 valence electrons. The second-order valence-corrected chi connectivity index (χ2v) is 3.88. The molecule has 0 aromatic heterocycles. The van der Waals surface area contributed by atoms with Crippen LogP contribution in [0.1, 0.15) is 64.7 Å². The lowest BCUT2D eigenvalue weighted by atomic mass is 10.1. The van der Waals surface area contributed by atoms with Gasteiger partial charge in [-0.1, -0.05) is 45.1 Å². The lowest BCUT2D eigenvalue weighted by Crippen LogP contribution is -1.96. The molecule has 0 radical (unpaired) electrons. The van der Waals surface area contributed by atoms with Crippen LogP contribution in [0.4, 0.5) is 0 Å². The first-order chi connectivity index (χ1) is 6.81. The van der Waals surface area contributed by atoms with Gasteiger partial charge in [0.2, 0.25) is 0 Å². The number of unbranched alkanes of at least 4 members (excludes halogenated alkanes) is 5. The molecule has 0 aromatic rings. The highest BCUT2D eigenvalue weighted by molar-refractivity contribution is 5.78. The van der Waals surface area contributed by atoms with E-state index in [1.807, 2.05) is 6.08 Å². The monoisotopic (exact) mass is 196 g/mol. The molecule has 0 bridgehead atoms. The van der Waals surface area contributed by atoms with Crippen molar-refractivity contribution < 1.29 is 4.79 Å². The predicted molar refractivity (Wildman–Crippen MR) is 62.4 cm³/mol. The third-order valence-electron chi connectivity index (χ3n) is 2.44. The van der Waals surface area contributed by atoms with Gasteiger partial charge in [-0.15, -0.1) is 6.58 Å². The van der Waals surface area contributed by atoms with E-state index >= 15 is 0 Å². The number of hydrogen-bond donors (Lipinski definition) is 0. The summed E-state index contributed by atoms with van der Waals surface area (Å²) in [6.07, 6.45) is 11.7. The number of carbonyl (C=O) groups excluding carboxylic acids is 1. The van der Waals surface area contributed by atoms with E-state index in [1.165, 1.54) is 32.1 Å². The van der Waals surface area contributed by atoms with Crippen molar-refractivity contribution in [2.45, 2.75) is 64.7 Å². The molecule has 0 aromatic carbocycles. The summed E-state index contributed by atoms with van der Waals surface area (Å²) in [7, 11) is 0. The van der Waals surface area contributed by atoms with E-state index in [2.05, 4.69) is 13.5 Å². The van der Waals surface area contributed by atoms with E-state index in [0.29, 0.717) is 12.2 Å². The highest BCUT2D eigenvalue weighted by Gasteiger charge is 1.99. The summed E-state index contributed by atoms with van der Waals surface area (Å²) in [6.45, 7) is 5.83. The van der Waals surface area contributed by atoms with E-state index in [1.54, 1.807) is 0 Å². The maximum Gasteiger partial charge on any atom is 0.133 e. The molecule has 0 fully saturated rings. The average molecular weight is 196 g/mol. The molecule has 0 heterocycles. The Bertz CT molecular complexity index is 149. The van der Waals surface area contributed by atoms with Crippen LogP contribution in [0.3, 0.4) is 0 Å². The summed E-state index contributed by atoms with van der Waals surface area (Å²) in [6, 6.07) is 0. The van der Waals surface area contributed by atoms with Crippen molar-refractivity contribution in [3.63, 3.8) is 0 Å². The molecule has 0 N–H and O–H groups in total. The van der Waals surface area contributed by atoms with E-state index in [0.717, 1.165) is 19.3 Å². The van der Waals surface area contributed by atoms with Crippen molar-refractivity contribution in [2.24, 2.45) is 0 Å². The van der Waals surface area contributed by atoms with Crippen LogP contribution < -0.4 is 0 Å². The van der Waals surface area contributed by atoms with E-state index < -0.39 is 0 Å². The molecule has 0 aliphatic rings. The zero-order chi connectivity index (χ0) is 10.6. The summed E-state index contributed by atoms with van der Waals surface area (Å²) >= 11 is 0. The van der Waals surface area contributed by atoms with E-state index in [9.17, 15) is 4.79 Å². The highest BCUT2D eigenvalue weighted by Crippen LogP contribution is 2.08. The number of allylic oxidation sites excluding steroid dienone is 1. The van der Waals surface area contributed by atoms with Gasteiger partial charge in [-0.05, 0) is 12.8 Å². The largest absolute Gasteiger partial charge is 0.300 e. The Balaban J connectivity index is 3.10. The van der Waals surface area contributed by atoms with Gasteiger partial charge in [0.1, 0.15) is 5.78 Å². The molecule has 14 heavy (non-hydrogen) atoms. The fraction of sp³-hybridized carbons (Fsp3) is 0.769. The van der Waals surface area contributed by atoms with Crippen LogP contribution in [0, 0.1) is 0 Å². The number of ketones is 1. The predicted octanol–water partition coefficient (Wildman–Crippen LogP) is 4.27. The Kier molecular flexibility index (Phi) is 10.0. The van der Waals surface area contributed by atoms with Crippen LogP contribution in [-0.2, 0) is 4.79 Å². The van der Waals surface area contributed by atoms with Gasteiger partial charge >= 0.3 is 0 Å². The second-order valence-electron chi connectivity index (χ2n) is 3.88. The normalized spacial score (nSPS) is 10.1. The van der Waals surface area contributed by atoms with Gasteiger partial charge in [-0.25, -0.2) is 0 Å². The van der Waals surface area contributed by atoms with Crippen LogP contribution in [0.25, 0.3) is 0 Å². The van der Waals surface area contributed by atoms with Crippen molar-refractivity contribution in [1.29, 1.82) is 0 Å². The maximum atomic E-state index is 11.2. The lowest BCUT2D eigenvalue weighted by Gasteiger charge is -2.00. The topological polar surface area (TPSA) is 17.1 Å². The minimum absolute atomic E-state index is 0.403. The smallest absolute Gasteiger partial charge is 0.133 e. The Labute approximate surface area is 88.6 Å². The molecule has 0 spiro atoms. The fourth-order valence-electron chi connectivity index (χ4n) is 1.49. The first kappa shape index (κ1) is 13.4. The molecule has 1 heteroatoms. The van der Waals surface area contributed by atoms with Gasteiger partial charge in [0, 0.05) is 12.8 Å². The van der Waals surface area contributed by atoms with Gasteiger partial charge < -0.3 is 0 Å². The third-order valence-corrected chi connectivity index (χ3v) is 2.44. The lowest BCUT2D eigenvalue weighted by molar-refractivity contribution is -0.119. The molecule has 0 aliphatic carbocycles. The molecule has 0 unspecified atom stereocenters. The molecule has 0 atom stereocenters. The van der Waals surface area contributed by atoms with Gasteiger partial charge in [-0.2, -0.15) is 0 Å². The Hall–Kier alpha value is -0.590. The number of rotatable bonds is 10. The standard InChI is InChI=1S/C13H24O/c1-3-5-7-8-9-10-12-13(14)11-6-4-2/h4H,2-3,5-12H2,1H3. The van der Waals surface area contributed by atoms with Crippen molar-refractivity contribution in [1.82, 2.24) is 0 Å². The molecule has 0 amide bonds. The minimum atomic E-state index is 0.403. The molecular formula is C13H24O. The SMILES string of the molecule is C=CCCC(=O)CCCCCCCC. The minimum Gasteiger partial charge on any atom is -0.300 e. The summed E-state index contributed by atoms with van der Waals surface area (Å²) in [4.78, 5) is 11.2. The van der Waals surface area contributed by atoms with Crippen LogP contribution in [-0.4, -0.2) is 5.78 Å². The summed E-state index contributed by atoms with van der Waals surface area (Å²) in [5.74, 6) is 0.403. The van der Waals surface area contributed by atoms with E-state index in [4.69, 9.17) is 0 Å². The average Bonchev–Trinajstić information content (AvgIpc) is 2.20. The first-order valence-corrected chi connectivity index (χ1v) is 5.93. The van der Waals surface area contributed by atoms with Crippen molar-refractivity contribution in [3.05, 3.63) is 12.7 Å². The number of hydrogen-bond acceptors (Lipinski definition) is 1. The van der Waals surface area contributed by atoms with Gasteiger partial charge in [0.25, 0.3) is 0 Å². The molecule has 0 aliphatic heterocycles. The summed E-state index contributed by atoms with van der Waals surface area (Å²) < 4.78 is 0. The number of carbonyl (C=O) groups is 1. The second kappa shape index (κ2) is 10.5. The number of Topliss-reactive ketones (excluding diaryl/α,β-unsaturated/α-hetero) is 1. The fourth-order valence-corrected chi connectivity index (χ4v) is 1.49. The van der Waals surface area contributed by atoms with Gasteiger partial charge in [0.15, 0.2) is 0 Å². The third kappa shape index (κ3) is 9.50. The van der Waals surface area contributed by atoms with Crippen molar-refractivity contribution >= 4 is 5.78 Å². The summed E-state index contributed by atoms with van der Waals surface area (Å²) in [5, 5.41) is 0. The van der Waals surface area contributed by atoms with Crippen molar-refractivity contribution in [3.8, 4) is 0 Å². The van der Waals surface area contributed by atoms with Crippen LogP contribution in [0.2, 0.25) is 0 Å². The quantitative estimate of drug-likeness (QED) is 0.376.